The highest BCUT2D eigenvalue weighted by molar-refractivity contribution is 8.02. The third-order valence-corrected chi connectivity index (χ3v) is 9.63. The van der Waals surface area contributed by atoms with Crippen LogP contribution < -0.4 is 0 Å². The Hall–Kier alpha value is -2.58. The largest absolute Gasteiger partial charge is 0.465 e. The summed E-state index contributed by atoms with van der Waals surface area (Å²) < 4.78 is 4.74. The van der Waals surface area contributed by atoms with Crippen molar-refractivity contribution in [2.75, 3.05) is 19.8 Å². The molecule has 4 heterocycles. The van der Waals surface area contributed by atoms with E-state index < -0.39 is 28.7 Å². The summed E-state index contributed by atoms with van der Waals surface area (Å²) in [7, 11) is 0. The SMILES string of the molecule is CC(C)N1CC=C[C@]23S[C@@H]4/C=C\CCCCOC(=O)[C@@H]4[C@H]2C(=O)N([C@H](CO)c2ccccc2)C3C1=O. The maximum atomic E-state index is 14.4. The molecule has 8 heteroatoms. The highest BCUT2D eigenvalue weighted by atomic mass is 32.2. The molecule has 4 aliphatic rings. The molecule has 0 aliphatic carbocycles. The summed E-state index contributed by atoms with van der Waals surface area (Å²) in [6.45, 7) is 4.38. The average Bonchev–Trinajstić information content (AvgIpc) is 3.25. The Morgan fingerprint density at radius 2 is 1.89 bits per heavy atom. The standard InChI is InChI=1S/C28H34N2O5S/c1-18(2)29-15-10-14-28-23(22-21(36-28)13-8-3-4-9-16-35-27(22)34)25(32)30(24(28)26(29)33)20(17-31)19-11-6-5-7-12-19/h5-8,10-14,18,20-24,31H,3-4,9,15-17H2,1-2H3/b13-8-/t20-,21-,22+,23+,24?,28+/m1/s1. The van der Waals surface area contributed by atoms with Crippen molar-refractivity contribution in [2.24, 2.45) is 11.8 Å². The summed E-state index contributed by atoms with van der Waals surface area (Å²) in [6, 6.07) is 7.73. The van der Waals surface area contributed by atoms with Gasteiger partial charge in [0.05, 0.1) is 35.8 Å². The van der Waals surface area contributed by atoms with E-state index in [1.165, 1.54) is 11.8 Å². The minimum atomic E-state index is -0.924. The molecule has 0 bridgehead atoms. The summed E-state index contributed by atoms with van der Waals surface area (Å²) in [6.07, 6.45) is 10.7. The van der Waals surface area contributed by atoms with Crippen molar-refractivity contribution in [1.29, 1.82) is 0 Å². The van der Waals surface area contributed by atoms with Gasteiger partial charge in [0.25, 0.3) is 0 Å². The van der Waals surface area contributed by atoms with Gasteiger partial charge in [0.2, 0.25) is 11.8 Å². The van der Waals surface area contributed by atoms with Crippen LogP contribution in [0.3, 0.4) is 0 Å². The fraction of sp³-hybridized carbons (Fsp3) is 0.536. The summed E-state index contributed by atoms with van der Waals surface area (Å²) in [5.74, 6) is -2.23. The molecule has 1 aromatic carbocycles. The lowest BCUT2D eigenvalue weighted by atomic mass is 9.78. The van der Waals surface area contributed by atoms with E-state index in [0.717, 1.165) is 24.8 Å². The Morgan fingerprint density at radius 1 is 1.11 bits per heavy atom. The van der Waals surface area contributed by atoms with Crippen LogP contribution in [0.2, 0.25) is 0 Å². The first-order chi connectivity index (χ1) is 17.4. The topological polar surface area (TPSA) is 87.2 Å². The molecule has 5 rings (SSSR count). The van der Waals surface area contributed by atoms with Crippen LogP contribution in [0.15, 0.2) is 54.6 Å². The zero-order valence-corrected chi connectivity index (χ0v) is 21.6. The molecule has 2 fully saturated rings. The van der Waals surface area contributed by atoms with Crippen molar-refractivity contribution in [3.8, 4) is 0 Å². The Balaban J connectivity index is 1.67. The number of amides is 2. The van der Waals surface area contributed by atoms with Crippen LogP contribution in [0.25, 0.3) is 0 Å². The molecule has 7 nitrogen and oxygen atoms in total. The number of likely N-dealkylation sites (tertiary alicyclic amines) is 1. The number of aliphatic hydroxyl groups excluding tert-OH is 1. The van der Waals surface area contributed by atoms with Gasteiger partial charge in [-0.2, -0.15) is 0 Å². The van der Waals surface area contributed by atoms with Crippen molar-refractivity contribution >= 4 is 29.5 Å². The number of cyclic esters (lactones) is 1. The van der Waals surface area contributed by atoms with Crippen molar-refractivity contribution in [1.82, 2.24) is 9.80 Å². The quantitative estimate of drug-likeness (QED) is 0.495. The summed E-state index contributed by atoms with van der Waals surface area (Å²) in [5.41, 5.74) is 0.760. The minimum Gasteiger partial charge on any atom is -0.465 e. The van der Waals surface area contributed by atoms with Crippen molar-refractivity contribution in [2.45, 2.75) is 61.2 Å². The first kappa shape index (κ1) is 25.1. The van der Waals surface area contributed by atoms with Crippen LogP contribution in [-0.2, 0) is 19.1 Å². The van der Waals surface area contributed by atoms with E-state index in [1.54, 1.807) is 9.80 Å². The Labute approximate surface area is 216 Å². The lowest BCUT2D eigenvalue weighted by Crippen LogP contribution is -2.55. The molecular formula is C28H34N2O5S. The second-order valence-electron chi connectivity index (χ2n) is 10.3. The number of ether oxygens (including phenoxy) is 1. The van der Waals surface area contributed by atoms with Crippen LogP contribution >= 0.6 is 11.8 Å². The monoisotopic (exact) mass is 510 g/mol. The van der Waals surface area contributed by atoms with Crippen LogP contribution in [0, 0.1) is 11.8 Å². The molecule has 0 saturated carbocycles. The highest BCUT2D eigenvalue weighted by Crippen LogP contribution is 2.61. The average molecular weight is 511 g/mol. The number of nitrogens with zero attached hydrogens (tertiary/aromatic N) is 2. The fourth-order valence-electron chi connectivity index (χ4n) is 6.20. The number of benzene rings is 1. The molecule has 1 unspecified atom stereocenters. The maximum Gasteiger partial charge on any atom is 0.311 e. The second-order valence-corrected chi connectivity index (χ2v) is 11.8. The van der Waals surface area contributed by atoms with Crippen LogP contribution in [0.1, 0.15) is 44.7 Å². The number of allylic oxidation sites excluding steroid dienone is 1. The van der Waals surface area contributed by atoms with E-state index in [2.05, 4.69) is 6.08 Å². The molecule has 2 amide bonds. The first-order valence-corrected chi connectivity index (χ1v) is 13.8. The summed E-state index contributed by atoms with van der Waals surface area (Å²) >= 11 is 1.53. The molecule has 0 radical (unpaired) electrons. The number of fused-ring (bicyclic) bond motifs is 2. The second kappa shape index (κ2) is 10.1. The molecule has 4 aliphatic heterocycles. The third-order valence-electron chi connectivity index (χ3n) is 7.89. The van der Waals surface area contributed by atoms with Gasteiger partial charge >= 0.3 is 5.97 Å². The number of carbonyl (C=O) groups excluding carboxylic acids is 3. The van der Waals surface area contributed by atoms with Gasteiger partial charge in [-0.05, 0) is 38.7 Å². The van der Waals surface area contributed by atoms with Gasteiger partial charge in [-0.15, -0.1) is 11.8 Å². The lowest BCUT2D eigenvalue weighted by Gasteiger charge is -2.39. The molecule has 1 aromatic rings. The number of esters is 1. The van der Waals surface area contributed by atoms with Crippen LogP contribution in [0.5, 0.6) is 0 Å². The number of rotatable bonds is 4. The maximum absolute atomic E-state index is 14.4. The number of hydrogen-bond donors (Lipinski definition) is 1. The van der Waals surface area contributed by atoms with E-state index in [4.69, 9.17) is 4.74 Å². The number of thioether (sulfide) groups is 1. The zero-order valence-electron chi connectivity index (χ0n) is 20.8. The predicted molar refractivity (Wildman–Crippen MR) is 138 cm³/mol. The van der Waals surface area contributed by atoms with E-state index in [-0.39, 0.29) is 35.7 Å². The van der Waals surface area contributed by atoms with Crippen molar-refractivity contribution in [3.05, 3.63) is 60.2 Å². The summed E-state index contributed by atoms with van der Waals surface area (Å²) in [5, 5.41) is 10.3. The van der Waals surface area contributed by atoms with E-state index >= 15 is 0 Å². The molecule has 36 heavy (non-hydrogen) atoms. The molecule has 2 saturated heterocycles. The van der Waals surface area contributed by atoms with E-state index in [1.807, 2.05) is 62.4 Å². The van der Waals surface area contributed by atoms with Crippen LogP contribution in [-0.4, -0.2) is 74.5 Å². The molecule has 0 aromatic heterocycles. The molecule has 1 spiro atoms. The molecular weight excluding hydrogens is 476 g/mol. The lowest BCUT2D eigenvalue weighted by molar-refractivity contribution is -0.154. The van der Waals surface area contributed by atoms with Crippen molar-refractivity contribution < 1.29 is 24.2 Å². The molecule has 1 N–H and O–H groups in total. The number of hydrogen-bond acceptors (Lipinski definition) is 6. The molecule has 6 atom stereocenters. The van der Waals surface area contributed by atoms with Gasteiger partial charge in [-0.3, -0.25) is 14.4 Å². The number of aliphatic hydroxyl groups is 1. The Bertz CT molecular complexity index is 1070. The third kappa shape index (κ3) is 3.98. The van der Waals surface area contributed by atoms with Gasteiger partial charge in [-0.1, -0.05) is 54.6 Å². The van der Waals surface area contributed by atoms with E-state index in [0.29, 0.717) is 13.2 Å². The van der Waals surface area contributed by atoms with Crippen molar-refractivity contribution in [3.63, 3.8) is 0 Å². The van der Waals surface area contributed by atoms with Gasteiger partial charge in [0.1, 0.15) is 6.04 Å². The first-order valence-electron chi connectivity index (χ1n) is 12.9. The van der Waals surface area contributed by atoms with Gasteiger partial charge in [0.15, 0.2) is 0 Å². The van der Waals surface area contributed by atoms with E-state index in [9.17, 15) is 19.5 Å². The predicted octanol–water partition coefficient (Wildman–Crippen LogP) is 3.11. The smallest absolute Gasteiger partial charge is 0.311 e. The Morgan fingerprint density at radius 3 is 2.61 bits per heavy atom. The normalized spacial score (nSPS) is 34.1. The summed E-state index contributed by atoms with van der Waals surface area (Å²) in [4.78, 5) is 45.4. The zero-order chi connectivity index (χ0) is 25.4. The van der Waals surface area contributed by atoms with Gasteiger partial charge in [-0.25, -0.2) is 0 Å². The van der Waals surface area contributed by atoms with Gasteiger partial charge in [0, 0.05) is 17.8 Å². The Kier molecular flexibility index (Phi) is 7.01. The number of carbonyl (C=O) groups is 3. The minimum absolute atomic E-state index is 0.0606. The fourth-order valence-corrected chi connectivity index (χ4v) is 8.19. The molecule has 192 valence electrons. The van der Waals surface area contributed by atoms with Crippen LogP contribution in [0.4, 0.5) is 0 Å². The highest BCUT2D eigenvalue weighted by Gasteiger charge is 2.71. The van der Waals surface area contributed by atoms with Gasteiger partial charge < -0.3 is 19.6 Å².